The number of ether oxygens (including phenoxy) is 2. The van der Waals surface area contributed by atoms with E-state index in [1.165, 1.54) is 18.2 Å². The van der Waals surface area contributed by atoms with E-state index in [0.29, 0.717) is 36.5 Å². The lowest BCUT2D eigenvalue weighted by molar-refractivity contribution is -0.169. The Balaban J connectivity index is 1.26. The highest BCUT2D eigenvalue weighted by Crippen LogP contribution is 2.34. The molecule has 0 unspecified atom stereocenters. The fraction of sp³-hybridized carbons (Fsp3) is 0.346. The number of hydrogen-bond donors (Lipinski definition) is 1. The Labute approximate surface area is 201 Å². The number of pyridine rings is 2. The number of halogens is 2. The number of hydrogen-bond acceptors (Lipinski definition) is 6. The van der Waals surface area contributed by atoms with Crippen LogP contribution in [0.5, 0.6) is 0 Å². The second-order valence-electron chi connectivity index (χ2n) is 9.05. The minimum absolute atomic E-state index is 0.168. The lowest BCUT2D eigenvalue weighted by atomic mass is 9.98. The summed E-state index contributed by atoms with van der Waals surface area (Å²) in [5.41, 5.74) is 3.30. The number of piperidine rings is 1. The van der Waals surface area contributed by atoms with Gasteiger partial charge in [0.1, 0.15) is 11.6 Å². The SMILES string of the molecule is O=C1NCc2nc(-c3c(F)cccc3F)cc(Cc3ccc(N4CCC5(CC4)OCCO5)cn3)c21. The quantitative estimate of drug-likeness (QED) is 0.618. The maximum Gasteiger partial charge on any atom is 0.253 e. The Morgan fingerprint density at radius 3 is 2.46 bits per heavy atom. The van der Waals surface area contributed by atoms with Crippen LogP contribution in [0.1, 0.15) is 40.2 Å². The Bertz CT molecular complexity index is 1260. The molecule has 1 aromatic carbocycles. The van der Waals surface area contributed by atoms with E-state index in [1.54, 1.807) is 6.07 Å². The summed E-state index contributed by atoms with van der Waals surface area (Å²) in [5.74, 6) is -2.06. The molecule has 35 heavy (non-hydrogen) atoms. The lowest BCUT2D eigenvalue weighted by Crippen LogP contribution is -2.45. The largest absolute Gasteiger partial charge is 0.370 e. The van der Waals surface area contributed by atoms with E-state index in [-0.39, 0.29) is 23.7 Å². The summed E-state index contributed by atoms with van der Waals surface area (Å²) in [4.78, 5) is 23.7. The molecule has 0 atom stereocenters. The van der Waals surface area contributed by atoms with Crippen LogP contribution in [0.25, 0.3) is 11.3 Å². The highest BCUT2D eigenvalue weighted by atomic mass is 19.1. The predicted octanol–water partition coefficient (Wildman–Crippen LogP) is 3.60. The fourth-order valence-corrected chi connectivity index (χ4v) is 5.12. The molecule has 3 aliphatic heterocycles. The first kappa shape index (κ1) is 22.1. The molecule has 2 fully saturated rings. The molecule has 1 N–H and O–H groups in total. The van der Waals surface area contributed by atoms with Crippen LogP contribution < -0.4 is 10.2 Å². The summed E-state index contributed by atoms with van der Waals surface area (Å²) in [6.07, 6.45) is 3.78. The molecule has 3 aromatic rings. The molecular weight excluding hydrogens is 454 g/mol. The zero-order chi connectivity index (χ0) is 24.0. The van der Waals surface area contributed by atoms with E-state index in [4.69, 9.17) is 9.47 Å². The Morgan fingerprint density at radius 1 is 1.03 bits per heavy atom. The van der Waals surface area contributed by atoms with Crippen molar-refractivity contribution in [3.05, 3.63) is 76.7 Å². The Morgan fingerprint density at radius 2 is 1.77 bits per heavy atom. The van der Waals surface area contributed by atoms with Crippen LogP contribution in [-0.4, -0.2) is 48.0 Å². The normalized spacial score (nSPS) is 18.7. The molecule has 2 saturated heterocycles. The molecule has 1 spiro atoms. The van der Waals surface area contributed by atoms with Crippen molar-refractivity contribution in [1.82, 2.24) is 15.3 Å². The van der Waals surface area contributed by atoms with Crippen molar-refractivity contribution in [3.8, 4) is 11.3 Å². The van der Waals surface area contributed by atoms with Crippen molar-refractivity contribution in [2.75, 3.05) is 31.2 Å². The summed E-state index contributed by atoms with van der Waals surface area (Å²) in [7, 11) is 0. The number of benzene rings is 1. The van der Waals surface area contributed by atoms with E-state index in [9.17, 15) is 13.6 Å². The van der Waals surface area contributed by atoms with Gasteiger partial charge >= 0.3 is 0 Å². The van der Waals surface area contributed by atoms with E-state index < -0.39 is 17.4 Å². The first-order valence-electron chi connectivity index (χ1n) is 11.7. The van der Waals surface area contributed by atoms with E-state index in [0.717, 1.165) is 37.3 Å². The van der Waals surface area contributed by atoms with Gasteiger partial charge in [-0.3, -0.25) is 9.78 Å². The molecule has 1 amide bonds. The van der Waals surface area contributed by atoms with Gasteiger partial charge in [-0.1, -0.05) is 6.07 Å². The van der Waals surface area contributed by atoms with Gasteiger partial charge < -0.3 is 19.7 Å². The number of nitrogens with zero attached hydrogens (tertiary/aromatic N) is 3. The van der Waals surface area contributed by atoms with Crippen LogP contribution in [0.3, 0.4) is 0 Å². The second-order valence-corrected chi connectivity index (χ2v) is 9.05. The van der Waals surface area contributed by atoms with Crippen molar-refractivity contribution < 1.29 is 23.0 Å². The zero-order valence-corrected chi connectivity index (χ0v) is 19.0. The van der Waals surface area contributed by atoms with Crippen molar-refractivity contribution in [3.63, 3.8) is 0 Å². The van der Waals surface area contributed by atoms with Gasteiger partial charge in [-0.05, 0) is 35.9 Å². The second kappa shape index (κ2) is 8.66. The van der Waals surface area contributed by atoms with Crippen LogP contribution in [0.4, 0.5) is 14.5 Å². The van der Waals surface area contributed by atoms with Gasteiger partial charge in [-0.2, -0.15) is 0 Å². The highest BCUT2D eigenvalue weighted by Gasteiger charge is 2.39. The van der Waals surface area contributed by atoms with Gasteiger partial charge in [0.25, 0.3) is 5.91 Å². The summed E-state index contributed by atoms with van der Waals surface area (Å²) in [6, 6.07) is 9.23. The van der Waals surface area contributed by atoms with Gasteiger partial charge in [0.05, 0.1) is 54.2 Å². The third-order valence-electron chi connectivity index (χ3n) is 6.92. The Kier molecular flexibility index (Phi) is 5.46. The molecule has 0 bridgehead atoms. The summed E-state index contributed by atoms with van der Waals surface area (Å²) < 4.78 is 40.5. The maximum atomic E-state index is 14.4. The standard InChI is InChI=1S/C26H24F2N4O3/c27-19-2-1-3-20(28)24(19)21-13-16(23-22(31-21)15-30-25(23)33)12-17-4-5-18(14-29-17)32-8-6-26(7-9-32)34-10-11-35-26/h1-5,13-14H,6-12,15H2,(H,30,33). The number of carbonyl (C=O) groups is 1. The summed E-state index contributed by atoms with van der Waals surface area (Å²) in [5, 5.41) is 2.76. The topological polar surface area (TPSA) is 76.6 Å². The summed E-state index contributed by atoms with van der Waals surface area (Å²) in [6.45, 7) is 3.16. The van der Waals surface area contributed by atoms with Gasteiger partial charge in [-0.15, -0.1) is 0 Å². The molecule has 0 radical (unpaired) electrons. The summed E-state index contributed by atoms with van der Waals surface area (Å²) >= 11 is 0. The molecule has 5 heterocycles. The average molecular weight is 478 g/mol. The van der Waals surface area contributed by atoms with Gasteiger partial charge in [0.2, 0.25) is 0 Å². The molecule has 6 rings (SSSR count). The lowest BCUT2D eigenvalue weighted by Gasteiger charge is -2.38. The number of anilines is 1. The average Bonchev–Trinajstić information content (AvgIpc) is 3.47. The first-order valence-corrected chi connectivity index (χ1v) is 11.7. The molecule has 9 heteroatoms. The number of nitrogens with one attached hydrogen (secondary N) is 1. The smallest absolute Gasteiger partial charge is 0.253 e. The van der Waals surface area contributed by atoms with Gasteiger partial charge in [-0.25, -0.2) is 13.8 Å². The molecule has 0 saturated carbocycles. The van der Waals surface area contributed by atoms with Crippen molar-refractivity contribution in [2.45, 2.75) is 31.6 Å². The molecule has 3 aliphatic rings. The van der Waals surface area contributed by atoms with Crippen LogP contribution >= 0.6 is 0 Å². The highest BCUT2D eigenvalue weighted by molar-refractivity contribution is 5.99. The number of carbonyl (C=O) groups excluding carboxylic acids is 1. The van der Waals surface area contributed by atoms with Crippen LogP contribution in [-0.2, 0) is 22.4 Å². The predicted molar refractivity (Wildman–Crippen MR) is 124 cm³/mol. The number of amides is 1. The first-order chi connectivity index (χ1) is 17.0. The van der Waals surface area contributed by atoms with Crippen LogP contribution in [0, 0.1) is 11.6 Å². The third kappa shape index (κ3) is 4.04. The minimum Gasteiger partial charge on any atom is -0.370 e. The molecule has 7 nitrogen and oxygen atoms in total. The molecule has 0 aliphatic carbocycles. The van der Waals surface area contributed by atoms with Gasteiger partial charge in [0, 0.05) is 38.0 Å². The van der Waals surface area contributed by atoms with E-state index in [1.807, 2.05) is 18.3 Å². The molecule has 180 valence electrons. The Hall–Kier alpha value is -3.43. The third-order valence-corrected chi connectivity index (χ3v) is 6.92. The van der Waals surface area contributed by atoms with Crippen molar-refractivity contribution in [2.24, 2.45) is 0 Å². The number of rotatable bonds is 4. The number of fused-ring (bicyclic) bond motifs is 1. The van der Waals surface area contributed by atoms with E-state index in [2.05, 4.69) is 20.2 Å². The fourth-order valence-electron chi connectivity index (χ4n) is 5.12. The van der Waals surface area contributed by atoms with Crippen LogP contribution in [0.15, 0.2) is 42.6 Å². The number of aromatic nitrogens is 2. The maximum absolute atomic E-state index is 14.4. The molecule has 2 aromatic heterocycles. The van der Waals surface area contributed by atoms with Gasteiger partial charge in [0.15, 0.2) is 5.79 Å². The van der Waals surface area contributed by atoms with Crippen molar-refractivity contribution >= 4 is 11.6 Å². The van der Waals surface area contributed by atoms with Crippen LogP contribution in [0.2, 0.25) is 0 Å². The monoisotopic (exact) mass is 478 g/mol. The van der Waals surface area contributed by atoms with E-state index >= 15 is 0 Å². The van der Waals surface area contributed by atoms with Crippen molar-refractivity contribution in [1.29, 1.82) is 0 Å². The minimum atomic E-state index is -0.695. The molecular formula is C26H24F2N4O3. The zero-order valence-electron chi connectivity index (χ0n) is 19.0.